The van der Waals surface area contributed by atoms with Crippen LogP contribution in [0.2, 0.25) is 0 Å². The number of nitrogens with zero attached hydrogens (tertiary/aromatic N) is 1. The molecule has 1 aromatic rings. The molecule has 5 heteroatoms. The summed E-state index contributed by atoms with van der Waals surface area (Å²) in [5.74, 6) is 0.810. The molecule has 0 spiro atoms. The van der Waals surface area contributed by atoms with Gasteiger partial charge in [0.05, 0.1) is 17.1 Å². The van der Waals surface area contributed by atoms with Gasteiger partial charge in [-0.2, -0.15) is 0 Å². The first-order valence-corrected chi connectivity index (χ1v) is 5.52. The summed E-state index contributed by atoms with van der Waals surface area (Å²) in [6, 6.07) is 4.53. The molecule has 17 heavy (non-hydrogen) atoms. The Labute approximate surface area is 101 Å². The minimum atomic E-state index is -0.461. The standard InChI is InChI=1S/C12H17NO4/c1-8(2)16-10-5-6-11(13(14)15)12(7-10)17-9(3)4/h5-9H,1-4H3. The van der Waals surface area contributed by atoms with Crippen molar-refractivity contribution in [3.8, 4) is 11.5 Å². The van der Waals surface area contributed by atoms with Crippen molar-refractivity contribution >= 4 is 5.69 Å². The van der Waals surface area contributed by atoms with E-state index in [0.29, 0.717) is 5.75 Å². The predicted octanol–water partition coefficient (Wildman–Crippen LogP) is 3.17. The highest BCUT2D eigenvalue weighted by Gasteiger charge is 2.17. The molecule has 5 nitrogen and oxygen atoms in total. The fourth-order valence-corrected chi connectivity index (χ4v) is 1.34. The number of hydrogen-bond donors (Lipinski definition) is 0. The molecule has 0 bridgehead atoms. The van der Waals surface area contributed by atoms with Crippen LogP contribution in [-0.2, 0) is 0 Å². The molecule has 94 valence electrons. The second kappa shape index (κ2) is 5.52. The number of benzene rings is 1. The van der Waals surface area contributed by atoms with Crippen LogP contribution in [-0.4, -0.2) is 17.1 Å². The van der Waals surface area contributed by atoms with Crippen LogP contribution < -0.4 is 9.47 Å². The molecule has 1 aromatic carbocycles. The van der Waals surface area contributed by atoms with E-state index in [1.165, 1.54) is 6.07 Å². The van der Waals surface area contributed by atoms with Crippen molar-refractivity contribution in [1.29, 1.82) is 0 Å². The molecule has 0 unspecified atom stereocenters. The highest BCUT2D eigenvalue weighted by atomic mass is 16.6. The zero-order chi connectivity index (χ0) is 13.0. The Balaban J connectivity index is 3.05. The smallest absolute Gasteiger partial charge is 0.311 e. The Morgan fingerprint density at radius 1 is 1.12 bits per heavy atom. The van der Waals surface area contributed by atoms with Crippen molar-refractivity contribution < 1.29 is 14.4 Å². The number of nitro groups is 1. The summed E-state index contributed by atoms with van der Waals surface area (Å²) in [5.41, 5.74) is -0.0465. The lowest BCUT2D eigenvalue weighted by atomic mass is 10.2. The van der Waals surface area contributed by atoms with Gasteiger partial charge in [-0.1, -0.05) is 0 Å². The van der Waals surface area contributed by atoms with E-state index >= 15 is 0 Å². The maximum Gasteiger partial charge on any atom is 0.311 e. The van der Waals surface area contributed by atoms with Gasteiger partial charge >= 0.3 is 5.69 Å². The van der Waals surface area contributed by atoms with Crippen LogP contribution in [0, 0.1) is 10.1 Å². The lowest BCUT2D eigenvalue weighted by Crippen LogP contribution is -2.09. The fraction of sp³-hybridized carbons (Fsp3) is 0.500. The van der Waals surface area contributed by atoms with Gasteiger partial charge in [0.2, 0.25) is 5.75 Å². The predicted molar refractivity (Wildman–Crippen MR) is 64.6 cm³/mol. The molecular weight excluding hydrogens is 222 g/mol. The van der Waals surface area contributed by atoms with Gasteiger partial charge < -0.3 is 9.47 Å². The van der Waals surface area contributed by atoms with Crippen LogP contribution in [0.5, 0.6) is 11.5 Å². The van der Waals surface area contributed by atoms with Crippen molar-refractivity contribution in [2.24, 2.45) is 0 Å². The van der Waals surface area contributed by atoms with Gasteiger partial charge in [0.1, 0.15) is 5.75 Å². The van der Waals surface area contributed by atoms with Crippen molar-refractivity contribution in [2.45, 2.75) is 39.9 Å². The Morgan fingerprint density at radius 3 is 2.18 bits per heavy atom. The summed E-state index contributed by atoms with van der Waals surface area (Å²) in [5, 5.41) is 10.8. The molecular formula is C12H17NO4. The Hall–Kier alpha value is -1.78. The van der Waals surface area contributed by atoms with E-state index in [4.69, 9.17) is 9.47 Å². The summed E-state index contributed by atoms with van der Waals surface area (Å²) in [6.45, 7) is 7.42. The van der Waals surface area contributed by atoms with Crippen molar-refractivity contribution in [1.82, 2.24) is 0 Å². The van der Waals surface area contributed by atoms with E-state index in [-0.39, 0.29) is 23.6 Å². The average molecular weight is 239 g/mol. The summed E-state index contributed by atoms with van der Waals surface area (Å²) in [6.07, 6.45) is -0.105. The monoisotopic (exact) mass is 239 g/mol. The Kier molecular flexibility index (Phi) is 4.31. The summed E-state index contributed by atoms with van der Waals surface area (Å²) >= 11 is 0. The van der Waals surface area contributed by atoms with Crippen LogP contribution in [0.25, 0.3) is 0 Å². The molecule has 0 saturated carbocycles. The van der Waals surface area contributed by atoms with Gasteiger partial charge in [0.25, 0.3) is 0 Å². The fourth-order valence-electron chi connectivity index (χ4n) is 1.34. The van der Waals surface area contributed by atoms with E-state index in [0.717, 1.165) is 0 Å². The first-order valence-electron chi connectivity index (χ1n) is 5.52. The van der Waals surface area contributed by atoms with E-state index in [1.807, 2.05) is 27.7 Å². The average Bonchev–Trinajstić information content (AvgIpc) is 2.15. The molecule has 0 aliphatic carbocycles. The molecule has 0 heterocycles. The van der Waals surface area contributed by atoms with Gasteiger partial charge in [-0.25, -0.2) is 0 Å². The van der Waals surface area contributed by atoms with E-state index in [2.05, 4.69) is 0 Å². The third-order valence-electron chi connectivity index (χ3n) is 1.86. The van der Waals surface area contributed by atoms with Crippen molar-refractivity contribution in [3.05, 3.63) is 28.3 Å². The number of ether oxygens (including phenoxy) is 2. The molecule has 0 aliphatic rings. The molecule has 0 N–H and O–H groups in total. The zero-order valence-electron chi connectivity index (χ0n) is 10.5. The van der Waals surface area contributed by atoms with Crippen molar-refractivity contribution in [3.63, 3.8) is 0 Å². The van der Waals surface area contributed by atoms with Crippen LogP contribution in [0.3, 0.4) is 0 Å². The largest absolute Gasteiger partial charge is 0.491 e. The van der Waals surface area contributed by atoms with E-state index in [9.17, 15) is 10.1 Å². The number of nitro benzene ring substituents is 1. The van der Waals surface area contributed by atoms with E-state index in [1.54, 1.807) is 12.1 Å². The third-order valence-corrected chi connectivity index (χ3v) is 1.86. The number of hydrogen-bond acceptors (Lipinski definition) is 4. The minimum Gasteiger partial charge on any atom is -0.491 e. The molecule has 0 saturated heterocycles. The third kappa shape index (κ3) is 3.94. The second-order valence-electron chi connectivity index (χ2n) is 4.22. The first-order chi connectivity index (χ1) is 7.90. The summed E-state index contributed by atoms with van der Waals surface area (Å²) in [4.78, 5) is 10.4. The van der Waals surface area contributed by atoms with Crippen molar-refractivity contribution in [2.75, 3.05) is 0 Å². The summed E-state index contributed by atoms with van der Waals surface area (Å²) < 4.78 is 10.9. The Bertz CT molecular complexity index is 401. The lowest BCUT2D eigenvalue weighted by Gasteiger charge is -2.13. The van der Waals surface area contributed by atoms with Crippen LogP contribution >= 0.6 is 0 Å². The SMILES string of the molecule is CC(C)Oc1ccc([N+](=O)[O-])c(OC(C)C)c1. The van der Waals surface area contributed by atoms with Gasteiger partial charge in [0.15, 0.2) is 0 Å². The molecule has 0 aromatic heterocycles. The molecule has 0 fully saturated rings. The quantitative estimate of drug-likeness (QED) is 0.584. The summed E-state index contributed by atoms with van der Waals surface area (Å²) in [7, 11) is 0. The van der Waals surface area contributed by atoms with Crippen LogP contribution in [0.15, 0.2) is 18.2 Å². The topological polar surface area (TPSA) is 61.6 Å². The molecule has 1 rings (SSSR count). The molecule has 0 radical (unpaired) electrons. The first kappa shape index (κ1) is 13.3. The Morgan fingerprint density at radius 2 is 1.71 bits per heavy atom. The van der Waals surface area contributed by atoms with Crippen LogP contribution in [0.4, 0.5) is 5.69 Å². The maximum atomic E-state index is 10.8. The van der Waals surface area contributed by atoms with Gasteiger partial charge in [-0.15, -0.1) is 0 Å². The minimum absolute atomic E-state index is 0.0170. The van der Waals surface area contributed by atoms with Gasteiger partial charge in [-0.05, 0) is 33.8 Å². The highest BCUT2D eigenvalue weighted by Crippen LogP contribution is 2.32. The van der Waals surface area contributed by atoms with Gasteiger partial charge in [0, 0.05) is 12.1 Å². The van der Waals surface area contributed by atoms with Gasteiger partial charge in [-0.3, -0.25) is 10.1 Å². The molecule has 0 aliphatic heterocycles. The number of rotatable bonds is 5. The lowest BCUT2D eigenvalue weighted by molar-refractivity contribution is -0.386. The zero-order valence-corrected chi connectivity index (χ0v) is 10.5. The van der Waals surface area contributed by atoms with Crippen LogP contribution in [0.1, 0.15) is 27.7 Å². The second-order valence-corrected chi connectivity index (χ2v) is 4.22. The highest BCUT2D eigenvalue weighted by molar-refractivity contribution is 5.50. The molecule has 0 amide bonds. The van der Waals surface area contributed by atoms with E-state index < -0.39 is 4.92 Å². The molecule has 0 atom stereocenters. The maximum absolute atomic E-state index is 10.8. The normalized spacial score (nSPS) is 10.7.